The molecule has 0 aliphatic rings. The Labute approximate surface area is 109 Å². The van der Waals surface area contributed by atoms with E-state index in [1.807, 2.05) is 25.1 Å². The van der Waals surface area contributed by atoms with Crippen LogP contribution in [0.1, 0.15) is 5.56 Å². The number of amides is 1. The molecular formula is C12H16BrNO3. The van der Waals surface area contributed by atoms with E-state index in [0.717, 1.165) is 15.8 Å². The smallest absolute Gasteiger partial charge is 0.258 e. The molecule has 1 aromatic rings. The van der Waals surface area contributed by atoms with E-state index in [4.69, 9.17) is 9.47 Å². The quantitative estimate of drug-likeness (QED) is 0.817. The largest absolute Gasteiger partial charge is 0.484 e. The molecule has 94 valence electrons. The van der Waals surface area contributed by atoms with Gasteiger partial charge in [-0.25, -0.2) is 0 Å². The first kappa shape index (κ1) is 14.0. The molecule has 1 amide bonds. The SMILES string of the molecule is COCCNC(=O)COc1ccc(Br)cc1C. The Bertz CT molecular complexity index is 382. The van der Waals surface area contributed by atoms with Gasteiger partial charge in [-0.15, -0.1) is 0 Å². The van der Waals surface area contributed by atoms with Crippen molar-refractivity contribution in [1.29, 1.82) is 0 Å². The summed E-state index contributed by atoms with van der Waals surface area (Å²) in [6.45, 7) is 2.95. The van der Waals surface area contributed by atoms with Gasteiger partial charge in [0.25, 0.3) is 5.91 Å². The van der Waals surface area contributed by atoms with Gasteiger partial charge in [0.2, 0.25) is 0 Å². The Hall–Kier alpha value is -1.07. The van der Waals surface area contributed by atoms with Crippen molar-refractivity contribution < 1.29 is 14.3 Å². The number of benzene rings is 1. The molecule has 17 heavy (non-hydrogen) atoms. The first-order chi connectivity index (χ1) is 8.13. The number of nitrogens with one attached hydrogen (secondary N) is 1. The van der Waals surface area contributed by atoms with Crippen LogP contribution in [0.2, 0.25) is 0 Å². The molecule has 0 saturated heterocycles. The first-order valence-corrected chi connectivity index (χ1v) is 6.07. The fourth-order valence-electron chi connectivity index (χ4n) is 1.26. The van der Waals surface area contributed by atoms with Gasteiger partial charge in [-0.2, -0.15) is 0 Å². The van der Waals surface area contributed by atoms with Gasteiger partial charge in [0.15, 0.2) is 6.61 Å². The molecule has 0 saturated carbocycles. The van der Waals surface area contributed by atoms with E-state index in [1.54, 1.807) is 7.11 Å². The molecule has 0 aliphatic heterocycles. The van der Waals surface area contributed by atoms with Crippen LogP contribution in [-0.2, 0) is 9.53 Å². The standard InChI is InChI=1S/C12H16BrNO3/c1-9-7-10(13)3-4-11(9)17-8-12(15)14-5-6-16-2/h3-4,7H,5-6,8H2,1-2H3,(H,14,15). The number of carbonyl (C=O) groups excluding carboxylic acids is 1. The second-order valence-corrected chi connectivity index (χ2v) is 4.46. The first-order valence-electron chi connectivity index (χ1n) is 5.28. The fraction of sp³-hybridized carbons (Fsp3) is 0.417. The van der Waals surface area contributed by atoms with E-state index in [1.165, 1.54) is 0 Å². The maximum Gasteiger partial charge on any atom is 0.258 e. The number of halogens is 1. The second kappa shape index (κ2) is 7.29. The molecule has 0 aliphatic carbocycles. The Kier molecular flexibility index (Phi) is 6.00. The van der Waals surface area contributed by atoms with E-state index < -0.39 is 0 Å². The number of hydrogen-bond donors (Lipinski definition) is 1. The minimum atomic E-state index is -0.149. The number of carbonyl (C=O) groups is 1. The monoisotopic (exact) mass is 301 g/mol. The predicted molar refractivity (Wildman–Crippen MR) is 69.3 cm³/mol. The molecule has 4 nitrogen and oxygen atoms in total. The van der Waals surface area contributed by atoms with Crippen LogP contribution in [0.4, 0.5) is 0 Å². The van der Waals surface area contributed by atoms with E-state index >= 15 is 0 Å². The molecule has 5 heteroatoms. The Morgan fingerprint density at radius 1 is 1.47 bits per heavy atom. The molecule has 0 fully saturated rings. The van der Waals surface area contributed by atoms with Crippen molar-refractivity contribution >= 4 is 21.8 Å². The summed E-state index contributed by atoms with van der Waals surface area (Å²) >= 11 is 3.37. The molecule has 0 atom stereocenters. The molecule has 0 radical (unpaired) electrons. The summed E-state index contributed by atoms with van der Waals surface area (Å²) in [6.07, 6.45) is 0. The minimum absolute atomic E-state index is 0.0200. The highest BCUT2D eigenvalue weighted by atomic mass is 79.9. The lowest BCUT2D eigenvalue weighted by Gasteiger charge is -2.09. The van der Waals surface area contributed by atoms with Crippen LogP contribution in [0.3, 0.4) is 0 Å². The summed E-state index contributed by atoms with van der Waals surface area (Å²) < 4.78 is 11.2. The Morgan fingerprint density at radius 2 is 2.24 bits per heavy atom. The summed E-state index contributed by atoms with van der Waals surface area (Å²) in [6, 6.07) is 5.66. The normalized spacial score (nSPS) is 10.1. The third-order valence-corrected chi connectivity index (χ3v) is 2.62. The molecule has 1 rings (SSSR count). The van der Waals surface area contributed by atoms with E-state index in [-0.39, 0.29) is 12.5 Å². The molecular weight excluding hydrogens is 286 g/mol. The zero-order valence-corrected chi connectivity index (χ0v) is 11.5. The number of rotatable bonds is 6. The predicted octanol–water partition coefficient (Wildman–Crippen LogP) is 1.90. The summed E-state index contributed by atoms with van der Waals surface area (Å²) in [5.41, 5.74) is 0.990. The molecule has 0 unspecified atom stereocenters. The number of aryl methyl sites for hydroxylation is 1. The van der Waals surface area contributed by atoms with Crippen molar-refractivity contribution in [2.75, 3.05) is 26.9 Å². The van der Waals surface area contributed by atoms with Crippen molar-refractivity contribution in [1.82, 2.24) is 5.32 Å². The van der Waals surface area contributed by atoms with Crippen LogP contribution in [0.25, 0.3) is 0 Å². The van der Waals surface area contributed by atoms with Crippen LogP contribution >= 0.6 is 15.9 Å². The molecule has 0 aromatic heterocycles. The molecule has 0 spiro atoms. The van der Waals surface area contributed by atoms with Gasteiger partial charge in [0.1, 0.15) is 5.75 Å². The van der Waals surface area contributed by atoms with Crippen molar-refractivity contribution in [3.8, 4) is 5.75 Å². The highest BCUT2D eigenvalue weighted by Crippen LogP contribution is 2.21. The van der Waals surface area contributed by atoms with E-state index in [0.29, 0.717) is 13.2 Å². The average Bonchev–Trinajstić information content (AvgIpc) is 2.28. The third-order valence-electron chi connectivity index (χ3n) is 2.12. The minimum Gasteiger partial charge on any atom is -0.484 e. The van der Waals surface area contributed by atoms with Crippen molar-refractivity contribution in [3.05, 3.63) is 28.2 Å². The van der Waals surface area contributed by atoms with Crippen LogP contribution in [0.5, 0.6) is 5.75 Å². The third kappa shape index (κ3) is 5.19. The molecule has 0 bridgehead atoms. The van der Waals surface area contributed by atoms with Crippen LogP contribution in [-0.4, -0.2) is 32.8 Å². The van der Waals surface area contributed by atoms with Crippen LogP contribution in [0.15, 0.2) is 22.7 Å². The summed E-state index contributed by atoms with van der Waals surface area (Å²) in [5, 5.41) is 2.69. The highest BCUT2D eigenvalue weighted by molar-refractivity contribution is 9.10. The van der Waals surface area contributed by atoms with Crippen molar-refractivity contribution in [3.63, 3.8) is 0 Å². The van der Waals surface area contributed by atoms with Crippen molar-refractivity contribution in [2.45, 2.75) is 6.92 Å². The molecule has 0 heterocycles. The van der Waals surface area contributed by atoms with Crippen LogP contribution < -0.4 is 10.1 Å². The lowest BCUT2D eigenvalue weighted by atomic mass is 10.2. The average molecular weight is 302 g/mol. The Balaban J connectivity index is 2.37. The number of hydrogen-bond acceptors (Lipinski definition) is 3. The van der Waals surface area contributed by atoms with E-state index in [2.05, 4.69) is 21.2 Å². The summed E-state index contributed by atoms with van der Waals surface area (Å²) in [5.74, 6) is 0.569. The van der Waals surface area contributed by atoms with Gasteiger partial charge in [-0.05, 0) is 30.7 Å². The zero-order chi connectivity index (χ0) is 12.7. The Morgan fingerprint density at radius 3 is 2.88 bits per heavy atom. The maximum absolute atomic E-state index is 11.4. The number of methoxy groups -OCH3 is 1. The number of ether oxygens (including phenoxy) is 2. The summed E-state index contributed by atoms with van der Waals surface area (Å²) in [7, 11) is 1.59. The van der Waals surface area contributed by atoms with Gasteiger partial charge in [0.05, 0.1) is 6.61 Å². The van der Waals surface area contributed by atoms with Gasteiger partial charge in [-0.3, -0.25) is 4.79 Å². The second-order valence-electron chi connectivity index (χ2n) is 3.54. The van der Waals surface area contributed by atoms with Crippen LogP contribution in [0, 0.1) is 6.92 Å². The van der Waals surface area contributed by atoms with Crippen molar-refractivity contribution in [2.24, 2.45) is 0 Å². The molecule has 1 aromatic carbocycles. The lowest BCUT2D eigenvalue weighted by Crippen LogP contribution is -2.31. The zero-order valence-electron chi connectivity index (χ0n) is 9.96. The topological polar surface area (TPSA) is 47.6 Å². The van der Waals surface area contributed by atoms with Gasteiger partial charge >= 0.3 is 0 Å². The van der Waals surface area contributed by atoms with Gasteiger partial charge in [0, 0.05) is 18.1 Å². The fourth-order valence-corrected chi connectivity index (χ4v) is 1.74. The molecule has 1 N–H and O–H groups in total. The van der Waals surface area contributed by atoms with E-state index in [9.17, 15) is 4.79 Å². The van der Waals surface area contributed by atoms with Gasteiger partial charge < -0.3 is 14.8 Å². The maximum atomic E-state index is 11.4. The van der Waals surface area contributed by atoms with Gasteiger partial charge in [-0.1, -0.05) is 15.9 Å². The highest BCUT2D eigenvalue weighted by Gasteiger charge is 2.04. The lowest BCUT2D eigenvalue weighted by molar-refractivity contribution is -0.123. The summed E-state index contributed by atoms with van der Waals surface area (Å²) in [4.78, 5) is 11.4.